The highest BCUT2D eigenvalue weighted by atomic mass is 19.4. The van der Waals surface area contributed by atoms with Crippen molar-refractivity contribution in [2.75, 3.05) is 0 Å². The minimum absolute atomic E-state index is 0.0707. The molecule has 1 aromatic rings. The Hall–Kier alpha value is -1.97. The molecule has 1 N–H and O–H groups in total. The van der Waals surface area contributed by atoms with Gasteiger partial charge in [0.1, 0.15) is 5.60 Å². The van der Waals surface area contributed by atoms with E-state index in [2.05, 4.69) is 5.32 Å². The number of nitrogens with zero attached hydrogens (tertiary/aromatic N) is 1. The van der Waals surface area contributed by atoms with Crippen molar-refractivity contribution in [1.82, 2.24) is 10.2 Å². The van der Waals surface area contributed by atoms with Gasteiger partial charge in [-0.05, 0) is 76.1 Å². The molecule has 0 bridgehead atoms. The van der Waals surface area contributed by atoms with Crippen LogP contribution in [-0.4, -0.2) is 34.7 Å². The number of alkyl halides is 6. The first kappa shape index (κ1) is 30.6. The Morgan fingerprint density at radius 2 is 1.47 bits per heavy atom. The number of carbonyl (C=O) groups excluding carboxylic acids is 1. The number of benzene rings is 1. The Labute approximate surface area is 221 Å². The maximum absolute atomic E-state index is 13.3. The molecule has 0 unspecified atom stereocenters. The molecular formula is C28H40F6N2O2. The van der Waals surface area contributed by atoms with E-state index in [1.165, 1.54) is 6.42 Å². The second-order valence-electron chi connectivity index (χ2n) is 11.8. The van der Waals surface area contributed by atoms with Crippen LogP contribution in [0, 0.1) is 5.92 Å². The summed E-state index contributed by atoms with van der Waals surface area (Å²) in [6.07, 6.45) is -1.84. The summed E-state index contributed by atoms with van der Waals surface area (Å²) >= 11 is 0. The van der Waals surface area contributed by atoms with Gasteiger partial charge in [-0.1, -0.05) is 39.0 Å². The van der Waals surface area contributed by atoms with Crippen LogP contribution < -0.4 is 5.32 Å². The minimum Gasteiger partial charge on any atom is -0.444 e. The molecule has 216 valence electrons. The maximum atomic E-state index is 13.3. The summed E-state index contributed by atoms with van der Waals surface area (Å²) < 4.78 is 85.5. The zero-order valence-corrected chi connectivity index (χ0v) is 22.6. The van der Waals surface area contributed by atoms with E-state index < -0.39 is 29.1 Å². The first-order valence-electron chi connectivity index (χ1n) is 13.6. The smallest absolute Gasteiger partial charge is 0.416 e. The molecule has 1 heterocycles. The van der Waals surface area contributed by atoms with Crippen molar-refractivity contribution in [2.45, 2.75) is 128 Å². The molecule has 0 spiro atoms. The normalized spacial score (nSPS) is 23.9. The molecular weight excluding hydrogens is 510 g/mol. The molecule has 1 saturated heterocycles. The third-order valence-electron chi connectivity index (χ3n) is 7.55. The van der Waals surface area contributed by atoms with E-state index in [9.17, 15) is 31.1 Å². The van der Waals surface area contributed by atoms with Crippen LogP contribution in [0.4, 0.5) is 31.1 Å². The fourth-order valence-electron chi connectivity index (χ4n) is 5.82. The third-order valence-corrected chi connectivity index (χ3v) is 7.55. The van der Waals surface area contributed by atoms with Crippen molar-refractivity contribution in [2.24, 2.45) is 5.92 Å². The molecule has 1 aromatic carbocycles. The number of nitrogens with one attached hydrogen (secondary N) is 1. The monoisotopic (exact) mass is 550 g/mol. The number of carbonyl (C=O) groups is 1. The summed E-state index contributed by atoms with van der Waals surface area (Å²) in [4.78, 5) is 15.1. The van der Waals surface area contributed by atoms with Crippen LogP contribution in [0.25, 0.3) is 0 Å². The molecule has 2 fully saturated rings. The van der Waals surface area contributed by atoms with Crippen LogP contribution in [0.5, 0.6) is 0 Å². The minimum atomic E-state index is -4.88. The van der Waals surface area contributed by atoms with E-state index in [4.69, 9.17) is 4.74 Å². The van der Waals surface area contributed by atoms with E-state index >= 15 is 0 Å². The first-order chi connectivity index (χ1) is 17.6. The second-order valence-corrected chi connectivity index (χ2v) is 11.8. The van der Waals surface area contributed by atoms with Gasteiger partial charge in [-0.3, -0.25) is 0 Å². The van der Waals surface area contributed by atoms with Crippen molar-refractivity contribution >= 4 is 6.09 Å². The number of amides is 1. The number of piperidine rings is 1. The molecule has 3 atom stereocenters. The molecule has 4 nitrogen and oxygen atoms in total. The van der Waals surface area contributed by atoms with Crippen LogP contribution in [0.15, 0.2) is 18.2 Å². The zero-order chi connectivity index (χ0) is 28.3. The van der Waals surface area contributed by atoms with Crippen LogP contribution in [-0.2, 0) is 23.6 Å². The maximum Gasteiger partial charge on any atom is 0.416 e. The van der Waals surface area contributed by atoms with E-state index in [1.54, 1.807) is 0 Å². The molecule has 38 heavy (non-hydrogen) atoms. The van der Waals surface area contributed by atoms with Gasteiger partial charge in [0.2, 0.25) is 0 Å². The first-order valence-corrected chi connectivity index (χ1v) is 13.6. The number of hydrogen-bond acceptors (Lipinski definition) is 3. The van der Waals surface area contributed by atoms with Crippen LogP contribution in [0.1, 0.15) is 102 Å². The Morgan fingerprint density at radius 1 is 0.921 bits per heavy atom. The summed E-state index contributed by atoms with van der Waals surface area (Å²) in [5.41, 5.74) is -3.35. The standard InChI is InChI=1S/C28H40F6N2O2/c1-5-23-15-22(35-17-19-11-20(27(29,30)31)14-21(12-19)28(32,33)34)16-24(13-18-9-7-6-8-10-18)36(23)25(37)38-26(2,3)4/h11-12,14,18,22-24,35H,5-10,13,15-17H2,1-4H3/t22-,23+,24-/m0/s1. The molecule has 1 aliphatic carbocycles. The highest BCUT2D eigenvalue weighted by Gasteiger charge is 2.41. The number of ether oxygens (including phenoxy) is 1. The molecule has 0 radical (unpaired) electrons. The summed E-state index contributed by atoms with van der Waals surface area (Å²) in [7, 11) is 0. The quantitative estimate of drug-likeness (QED) is 0.362. The number of likely N-dealkylation sites (tertiary alicyclic amines) is 1. The highest BCUT2D eigenvalue weighted by molar-refractivity contribution is 5.69. The lowest BCUT2D eigenvalue weighted by molar-refractivity contribution is -0.143. The van der Waals surface area contributed by atoms with Crippen molar-refractivity contribution in [3.05, 3.63) is 34.9 Å². The topological polar surface area (TPSA) is 41.6 Å². The van der Waals surface area contributed by atoms with Gasteiger partial charge in [-0.15, -0.1) is 0 Å². The van der Waals surface area contributed by atoms with Crippen LogP contribution in [0.2, 0.25) is 0 Å². The van der Waals surface area contributed by atoms with Gasteiger partial charge in [-0.2, -0.15) is 26.3 Å². The Kier molecular flexibility index (Phi) is 9.69. The SMILES string of the molecule is CC[C@@H]1C[C@H](NCc2cc(C(F)(F)F)cc(C(F)(F)F)c2)C[C@H](CC2CCCCC2)N1C(=O)OC(C)(C)C. The Morgan fingerprint density at radius 3 is 1.97 bits per heavy atom. The predicted octanol–water partition coefficient (Wildman–Crippen LogP) is 8.33. The Balaban J connectivity index is 1.81. The van der Waals surface area contributed by atoms with E-state index in [0.717, 1.165) is 44.2 Å². The average molecular weight is 551 g/mol. The lowest BCUT2D eigenvalue weighted by Crippen LogP contribution is -2.57. The summed E-state index contributed by atoms with van der Waals surface area (Å²) in [6, 6.07) is 1.28. The second kappa shape index (κ2) is 12.0. The molecule has 3 rings (SSSR count). The van der Waals surface area contributed by atoms with Gasteiger partial charge in [0.05, 0.1) is 11.1 Å². The number of hydrogen-bond donors (Lipinski definition) is 1. The highest BCUT2D eigenvalue weighted by Crippen LogP contribution is 2.38. The van der Waals surface area contributed by atoms with Crippen LogP contribution in [0.3, 0.4) is 0 Å². The van der Waals surface area contributed by atoms with Gasteiger partial charge < -0.3 is 15.0 Å². The molecule has 0 aromatic heterocycles. The number of halogens is 6. The average Bonchev–Trinajstić information content (AvgIpc) is 2.80. The van der Waals surface area contributed by atoms with E-state index in [0.29, 0.717) is 25.2 Å². The number of rotatable bonds is 6. The summed E-state index contributed by atoms with van der Waals surface area (Å²) in [6.45, 7) is 7.31. The van der Waals surface area contributed by atoms with E-state index in [1.807, 2.05) is 32.6 Å². The lowest BCUT2D eigenvalue weighted by atomic mass is 9.80. The van der Waals surface area contributed by atoms with Gasteiger partial charge in [0.15, 0.2) is 0 Å². The van der Waals surface area contributed by atoms with Gasteiger partial charge in [0.25, 0.3) is 0 Å². The fourth-order valence-corrected chi connectivity index (χ4v) is 5.82. The molecule has 10 heteroatoms. The van der Waals surface area contributed by atoms with Gasteiger partial charge in [-0.25, -0.2) is 4.79 Å². The van der Waals surface area contributed by atoms with Crippen molar-refractivity contribution in [3.8, 4) is 0 Å². The van der Waals surface area contributed by atoms with Gasteiger partial charge in [0, 0.05) is 24.7 Å². The summed E-state index contributed by atoms with van der Waals surface area (Å²) in [5, 5.41) is 3.22. The molecule has 1 amide bonds. The fraction of sp³-hybridized carbons (Fsp3) is 0.750. The van der Waals surface area contributed by atoms with Crippen molar-refractivity contribution < 1.29 is 35.9 Å². The van der Waals surface area contributed by atoms with Crippen LogP contribution >= 0.6 is 0 Å². The third kappa shape index (κ3) is 8.52. The Bertz CT molecular complexity index is 902. The molecule has 1 saturated carbocycles. The largest absolute Gasteiger partial charge is 0.444 e. The summed E-state index contributed by atoms with van der Waals surface area (Å²) in [5.74, 6) is 0.479. The zero-order valence-electron chi connectivity index (χ0n) is 22.6. The molecule has 1 aliphatic heterocycles. The van der Waals surface area contributed by atoms with E-state index in [-0.39, 0.29) is 42.4 Å². The predicted molar refractivity (Wildman–Crippen MR) is 133 cm³/mol. The molecule has 2 aliphatic rings. The lowest BCUT2D eigenvalue weighted by Gasteiger charge is -2.46. The van der Waals surface area contributed by atoms with Crippen molar-refractivity contribution in [1.29, 1.82) is 0 Å². The van der Waals surface area contributed by atoms with Gasteiger partial charge >= 0.3 is 18.4 Å². The van der Waals surface area contributed by atoms with Crippen molar-refractivity contribution in [3.63, 3.8) is 0 Å².